The summed E-state index contributed by atoms with van der Waals surface area (Å²) in [6.45, 7) is 5.97. The number of rotatable bonds is 4. The minimum absolute atomic E-state index is 0.178. The normalized spacial score (nSPS) is 19.2. The number of piperidine rings is 1. The Bertz CT molecular complexity index is 944. The smallest absolute Gasteiger partial charge is 0.276 e. The van der Waals surface area contributed by atoms with Crippen LogP contribution in [0.4, 0.5) is 0 Å². The van der Waals surface area contributed by atoms with Crippen LogP contribution in [0, 0.1) is 0 Å². The highest BCUT2D eigenvalue weighted by Crippen LogP contribution is 2.30. The largest absolute Gasteiger partial charge is 0.451 e. The van der Waals surface area contributed by atoms with Gasteiger partial charge in [-0.05, 0) is 26.7 Å². The van der Waals surface area contributed by atoms with Gasteiger partial charge in [-0.25, -0.2) is 17.7 Å². The van der Waals surface area contributed by atoms with Crippen molar-refractivity contribution in [2.24, 2.45) is 0 Å². The molecule has 0 spiro atoms. The van der Waals surface area contributed by atoms with Crippen molar-refractivity contribution in [2.45, 2.75) is 50.9 Å². The van der Waals surface area contributed by atoms with E-state index >= 15 is 0 Å². The highest BCUT2D eigenvalue weighted by atomic mass is 32.2. The lowest BCUT2D eigenvalue weighted by atomic mass is 9.97. The summed E-state index contributed by atoms with van der Waals surface area (Å²) in [5.74, 6) is 1.63. The van der Waals surface area contributed by atoms with Crippen molar-refractivity contribution in [3.05, 3.63) is 30.0 Å². The second-order valence-corrected chi connectivity index (χ2v) is 9.98. The topological polar surface area (TPSA) is 114 Å². The number of fused-ring (bicyclic) bond motifs is 1. The van der Waals surface area contributed by atoms with Crippen molar-refractivity contribution in [3.8, 4) is 0 Å². The van der Waals surface area contributed by atoms with Gasteiger partial charge in [0.05, 0.1) is 11.8 Å². The lowest BCUT2D eigenvalue weighted by Crippen LogP contribution is -2.42. The van der Waals surface area contributed by atoms with Crippen LogP contribution in [-0.2, 0) is 23.1 Å². The van der Waals surface area contributed by atoms with Crippen molar-refractivity contribution >= 4 is 15.9 Å². The molecule has 2 aromatic rings. The van der Waals surface area contributed by atoms with Crippen molar-refractivity contribution in [1.29, 1.82) is 0 Å². The molecule has 1 amide bonds. The van der Waals surface area contributed by atoms with Crippen LogP contribution in [0.1, 0.15) is 54.7 Å². The first-order chi connectivity index (χ1) is 13.4. The number of aromatic nitrogens is 4. The summed E-state index contributed by atoms with van der Waals surface area (Å²) in [5.41, 5.74) is 0.284. The Hall–Kier alpha value is -2.27. The average Bonchev–Trinajstić information content (AvgIpc) is 3.37. The quantitative estimate of drug-likeness (QED) is 0.736. The van der Waals surface area contributed by atoms with Gasteiger partial charge < -0.3 is 13.9 Å². The van der Waals surface area contributed by atoms with Crippen LogP contribution in [0.15, 0.2) is 17.1 Å². The summed E-state index contributed by atoms with van der Waals surface area (Å²) in [6.07, 6.45) is 4.03. The Balaban J connectivity index is 1.44. The molecule has 0 aliphatic carbocycles. The lowest BCUT2D eigenvalue weighted by Gasteiger charge is -2.33. The van der Waals surface area contributed by atoms with E-state index < -0.39 is 15.3 Å². The standard InChI is InChI=1S/C17H24N6O4S/c1-12(2)28(25,26)22-5-3-13(4-6-22)16-20-19-15-9-21(7-8-23(15)16)17(24)14-10-27-11-18-14/h10-13H,3-9H2,1-2H3. The summed E-state index contributed by atoms with van der Waals surface area (Å²) >= 11 is 0. The monoisotopic (exact) mass is 408 g/mol. The van der Waals surface area contributed by atoms with Gasteiger partial charge in [0.25, 0.3) is 5.91 Å². The third-order valence-electron chi connectivity index (χ3n) is 5.50. The molecule has 152 valence electrons. The number of carbonyl (C=O) groups excluding carboxylic acids is 1. The average molecular weight is 408 g/mol. The number of oxazole rings is 1. The predicted molar refractivity (Wildman–Crippen MR) is 98.9 cm³/mol. The molecule has 0 unspecified atom stereocenters. The first-order valence-electron chi connectivity index (χ1n) is 9.46. The Labute approximate surface area is 163 Å². The Morgan fingerprint density at radius 3 is 2.57 bits per heavy atom. The van der Waals surface area contributed by atoms with E-state index in [9.17, 15) is 13.2 Å². The molecule has 0 saturated carbocycles. The molecule has 0 aromatic carbocycles. The molecule has 4 heterocycles. The number of carbonyl (C=O) groups is 1. The maximum absolute atomic E-state index is 12.4. The van der Waals surface area contributed by atoms with Gasteiger partial charge in [0.1, 0.15) is 12.1 Å². The molecule has 2 aromatic heterocycles. The third kappa shape index (κ3) is 3.32. The van der Waals surface area contributed by atoms with Crippen LogP contribution in [0.2, 0.25) is 0 Å². The van der Waals surface area contributed by atoms with Crippen molar-refractivity contribution in [3.63, 3.8) is 0 Å². The van der Waals surface area contributed by atoms with Crippen LogP contribution in [-0.4, -0.2) is 68.2 Å². The maximum Gasteiger partial charge on any atom is 0.276 e. The summed E-state index contributed by atoms with van der Waals surface area (Å²) in [7, 11) is -3.22. The zero-order chi connectivity index (χ0) is 19.9. The Kier molecular flexibility index (Phi) is 4.96. The van der Waals surface area contributed by atoms with Crippen molar-refractivity contribution < 1.29 is 17.6 Å². The zero-order valence-corrected chi connectivity index (χ0v) is 16.8. The van der Waals surface area contributed by atoms with Crippen LogP contribution < -0.4 is 0 Å². The first kappa shape index (κ1) is 19.1. The number of amides is 1. The van der Waals surface area contributed by atoms with E-state index in [-0.39, 0.29) is 17.5 Å². The van der Waals surface area contributed by atoms with Gasteiger partial charge in [-0.15, -0.1) is 10.2 Å². The van der Waals surface area contributed by atoms with Gasteiger partial charge in [0, 0.05) is 32.1 Å². The fourth-order valence-electron chi connectivity index (χ4n) is 3.80. The van der Waals surface area contributed by atoms with E-state index in [1.807, 2.05) is 0 Å². The van der Waals surface area contributed by atoms with Crippen LogP contribution >= 0.6 is 0 Å². The highest BCUT2D eigenvalue weighted by molar-refractivity contribution is 7.89. The van der Waals surface area contributed by atoms with Gasteiger partial charge >= 0.3 is 0 Å². The maximum atomic E-state index is 12.4. The summed E-state index contributed by atoms with van der Waals surface area (Å²) < 4.78 is 33.2. The van der Waals surface area contributed by atoms with Gasteiger partial charge in [-0.2, -0.15) is 0 Å². The van der Waals surface area contributed by atoms with Gasteiger partial charge in [-0.1, -0.05) is 0 Å². The second kappa shape index (κ2) is 7.28. The molecular weight excluding hydrogens is 384 g/mol. The molecule has 0 bridgehead atoms. The van der Waals surface area contributed by atoms with Crippen LogP contribution in [0.25, 0.3) is 0 Å². The Morgan fingerprint density at radius 2 is 1.93 bits per heavy atom. The second-order valence-electron chi connectivity index (χ2n) is 7.49. The van der Waals surface area contributed by atoms with E-state index in [2.05, 4.69) is 19.7 Å². The fourth-order valence-corrected chi connectivity index (χ4v) is 5.12. The molecule has 4 rings (SSSR count). The molecule has 10 nitrogen and oxygen atoms in total. The van der Waals surface area contributed by atoms with E-state index in [1.54, 1.807) is 23.1 Å². The van der Waals surface area contributed by atoms with E-state index in [0.717, 1.165) is 24.5 Å². The van der Waals surface area contributed by atoms with Crippen molar-refractivity contribution in [2.75, 3.05) is 19.6 Å². The minimum atomic E-state index is -3.22. The fraction of sp³-hybridized carbons (Fsp3) is 0.647. The molecule has 28 heavy (non-hydrogen) atoms. The molecule has 11 heteroatoms. The van der Waals surface area contributed by atoms with E-state index in [4.69, 9.17) is 4.42 Å². The minimum Gasteiger partial charge on any atom is -0.451 e. The number of hydrogen-bond acceptors (Lipinski definition) is 7. The zero-order valence-electron chi connectivity index (χ0n) is 16.0. The summed E-state index contributed by atoms with van der Waals surface area (Å²) in [6, 6.07) is 0. The SMILES string of the molecule is CC(C)S(=O)(=O)N1CCC(c2nnc3n2CCN(C(=O)c2cocn2)C3)CC1. The van der Waals surface area contributed by atoms with Crippen LogP contribution in [0.5, 0.6) is 0 Å². The van der Waals surface area contributed by atoms with Crippen LogP contribution in [0.3, 0.4) is 0 Å². The molecule has 0 atom stereocenters. The number of hydrogen-bond donors (Lipinski definition) is 0. The summed E-state index contributed by atoms with van der Waals surface area (Å²) in [5, 5.41) is 8.25. The van der Waals surface area contributed by atoms with Gasteiger partial charge in [0.2, 0.25) is 10.0 Å². The molecular formula is C17H24N6O4S. The van der Waals surface area contributed by atoms with E-state index in [1.165, 1.54) is 12.7 Å². The highest BCUT2D eigenvalue weighted by Gasteiger charge is 2.34. The Morgan fingerprint density at radius 1 is 1.18 bits per heavy atom. The molecule has 2 aliphatic rings. The van der Waals surface area contributed by atoms with E-state index in [0.29, 0.717) is 32.7 Å². The lowest BCUT2D eigenvalue weighted by molar-refractivity contribution is 0.0699. The van der Waals surface area contributed by atoms with Gasteiger partial charge in [0.15, 0.2) is 17.9 Å². The number of sulfonamides is 1. The molecule has 1 fully saturated rings. The predicted octanol–water partition coefficient (Wildman–Crippen LogP) is 0.840. The summed E-state index contributed by atoms with van der Waals surface area (Å²) in [4.78, 5) is 18.0. The number of nitrogens with zero attached hydrogens (tertiary/aromatic N) is 6. The molecule has 0 N–H and O–H groups in total. The third-order valence-corrected chi connectivity index (χ3v) is 7.77. The molecule has 2 aliphatic heterocycles. The first-order valence-corrected chi connectivity index (χ1v) is 11.0. The molecule has 1 saturated heterocycles. The molecule has 0 radical (unpaired) electrons. The van der Waals surface area contributed by atoms with Crippen molar-refractivity contribution in [1.82, 2.24) is 29.0 Å². The van der Waals surface area contributed by atoms with Gasteiger partial charge in [-0.3, -0.25) is 4.79 Å².